The van der Waals surface area contributed by atoms with Crippen molar-refractivity contribution in [1.82, 2.24) is 0 Å². The van der Waals surface area contributed by atoms with Crippen molar-refractivity contribution in [3.05, 3.63) is 0 Å². The quantitative estimate of drug-likeness (QED) is 0.451. The molecule has 1 N–H and O–H groups in total. The second kappa shape index (κ2) is 2.79. The summed E-state index contributed by atoms with van der Waals surface area (Å²) in [6.45, 7) is 0.648. The summed E-state index contributed by atoms with van der Waals surface area (Å²) in [5.74, 6) is -0.221. The summed E-state index contributed by atoms with van der Waals surface area (Å²) >= 11 is 0. The highest BCUT2D eigenvalue weighted by Crippen LogP contribution is 1.97. The van der Waals surface area contributed by atoms with Gasteiger partial charge in [0.25, 0.3) is 0 Å². The van der Waals surface area contributed by atoms with E-state index in [0.29, 0.717) is 6.54 Å². The average Bonchev–Trinajstić information content (AvgIpc) is 2.15. The summed E-state index contributed by atoms with van der Waals surface area (Å²) in [6, 6.07) is 0. The summed E-state index contributed by atoms with van der Waals surface area (Å²) < 4.78 is 4.79. The Bertz CT molecular complexity index is 165. The van der Waals surface area contributed by atoms with Gasteiger partial charge in [-0.3, -0.25) is 0 Å². The summed E-state index contributed by atoms with van der Waals surface area (Å²) in [5.41, 5.74) is 0. The van der Waals surface area contributed by atoms with Crippen LogP contribution in [0.3, 0.4) is 0 Å². The predicted octanol–water partition coefficient (Wildman–Crippen LogP) is -2.04. The molecular weight excluding hydrogens is 132 g/mol. The molecule has 1 unspecified atom stereocenters. The molecule has 1 rings (SSSR count). The lowest BCUT2D eigenvalue weighted by atomic mass is 10.3. The molecule has 10 heavy (non-hydrogen) atoms. The minimum atomic E-state index is -0.398. The van der Waals surface area contributed by atoms with E-state index in [2.05, 4.69) is 11.4 Å². The molecule has 1 aliphatic heterocycles. The van der Waals surface area contributed by atoms with E-state index in [9.17, 15) is 4.79 Å². The Kier molecular flexibility index (Phi) is 2.01. The Balaban J connectivity index is 2.37. The first-order valence-electron chi connectivity index (χ1n) is 3.14. The topological polar surface area (TPSA) is 43.1 Å². The number of quaternary nitrogens is 1. The maximum atomic E-state index is 10.7. The van der Waals surface area contributed by atoms with Gasteiger partial charge in [0.15, 0.2) is 0 Å². The molecule has 0 saturated heterocycles. The molecule has 1 aliphatic rings. The number of aliphatic imine (C=N–C) groups is 1. The fraction of sp³-hybridized carbons (Fsp3) is 0.667. The Labute approximate surface area is 59.5 Å². The van der Waals surface area contributed by atoms with E-state index in [1.165, 1.54) is 0 Å². The molecule has 0 aromatic heterocycles. The second-order valence-electron chi connectivity index (χ2n) is 2.56. The Morgan fingerprint density at radius 2 is 2.50 bits per heavy atom. The number of carbonyl (C=O) groups excluding carboxylic acids is 1. The number of hydrogen-bond donors (Lipinski definition) is 1. The average molecular weight is 142 g/mol. The van der Waals surface area contributed by atoms with Crippen LogP contribution in [0.2, 0.25) is 0 Å². The first kappa shape index (κ1) is 7.21. The minimum Gasteiger partial charge on any atom is -0.572 e. The normalized spacial score (nSPS) is 23.9. The molecule has 4 nitrogen and oxygen atoms in total. The zero-order chi connectivity index (χ0) is 7.56. The molecule has 0 aromatic carbocycles. The third-order valence-electron chi connectivity index (χ3n) is 1.22. The van der Waals surface area contributed by atoms with E-state index >= 15 is 0 Å². The molecule has 0 radical (unpaired) electrons. The van der Waals surface area contributed by atoms with Gasteiger partial charge in [0, 0.05) is 6.40 Å². The molecule has 0 saturated carbocycles. The highest BCUT2D eigenvalue weighted by molar-refractivity contribution is 5.91. The molecule has 1 atom stereocenters. The van der Waals surface area contributed by atoms with Crippen LogP contribution in [0.5, 0.6) is 0 Å². The number of hydrogen-bond acceptors (Lipinski definition) is 2. The van der Waals surface area contributed by atoms with Gasteiger partial charge < -0.3 is 19.4 Å². The molecule has 0 spiro atoms. The molecule has 56 valence electrons. The van der Waals surface area contributed by atoms with E-state index < -0.39 is 6.10 Å². The van der Waals surface area contributed by atoms with Crippen molar-refractivity contribution < 1.29 is 14.4 Å². The largest absolute Gasteiger partial charge is 0.572 e. The molecule has 0 aliphatic carbocycles. The second-order valence-corrected chi connectivity index (χ2v) is 2.56. The smallest absolute Gasteiger partial charge is 0.137 e. The molecule has 0 fully saturated rings. The van der Waals surface area contributed by atoms with Crippen LogP contribution in [-0.2, 0) is 9.53 Å². The van der Waals surface area contributed by atoms with Crippen molar-refractivity contribution in [3.63, 3.8) is 0 Å². The monoisotopic (exact) mass is 142 g/mol. The summed E-state index contributed by atoms with van der Waals surface area (Å²) in [5, 5.41) is 0. The Morgan fingerprint density at radius 1 is 1.80 bits per heavy atom. The van der Waals surface area contributed by atoms with Crippen LogP contribution in [0.1, 0.15) is 0 Å². The summed E-state index contributed by atoms with van der Waals surface area (Å²) in [6.07, 6.45) is 1.79. The highest BCUT2D eigenvalue weighted by Gasteiger charge is 2.15. The maximum absolute atomic E-state index is 10.7. The fourth-order valence-corrected chi connectivity index (χ4v) is 0.757. The lowest BCUT2D eigenvalue weighted by molar-refractivity contribution is -0.860. The van der Waals surface area contributed by atoms with Gasteiger partial charge in [-0.05, 0) is 0 Å². The predicted molar refractivity (Wildman–Crippen MR) is 35.0 cm³/mol. The SMILES string of the molecule is C[NH+](C)CC1O[C-]=NC1=O. The van der Waals surface area contributed by atoms with Crippen molar-refractivity contribution in [2.45, 2.75) is 6.10 Å². The third kappa shape index (κ3) is 1.54. The number of rotatable bonds is 2. The summed E-state index contributed by atoms with van der Waals surface area (Å²) in [4.78, 5) is 15.3. The number of likely N-dealkylation sites (N-methyl/N-ethyl adjacent to an activating group) is 1. The zero-order valence-electron chi connectivity index (χ0n) is 6.05. The van der Waals surface area contributed by atoms with E-state index in [-0.39, 0.29) is 5.91 Å². The van der Waals surface area contributed by atoms with Crippen LogP contribution in [0.25, 0.3) is 0 Å². The van der Waals surface area contributed by atoms with Crippen LogP contribution in [0, 0.1) is 0 Å². The Morgan fingerprint density at radius 3 is 2.90 bits per heavy atom. The van der Waals surface area contributed by atoms with Crippen molar-refractivity contribution in [2.24, 2.45) is 4.99 Å². The van der Waals surface area contributed by atoms with Gasteiger partial charge in [0.2, 0.25) is 0 Å². The molecule has 0 bridgehead atoms. The lowest BCUT2D eigenvalue weighted by Gasteiger charge is -2.15. The Hall–Kier alpha value is -0.900. The first-order chi connectivity index (χ1) is 4.70. The number of nitrogens with zero attached hydrogens (tertiary/aromatic N) is 1. The van der Waals surface area contributed by atoms with Crippen molar-refractivity contribution in [3.8, 4) is 0 Å². The molecule has 0 aromatic rings. The van der Waals surface area contributed by atoms with Crippen LogP contribution in [0.4, 0.5) is 0 Å². The lowest BCUT2D eigenvalue weighted by Crippen LogP contribution is -3.07. The molecule has 1 amide bonds. The zero-order valence-corrected chi connectivity index (χ0v) is 6.05. The number of carbonyl (C=O) groups is 1. The standard InChI is InChI=1S/C6H9N2O2/c1-8(2)3-5-6(9)7-4-10-5/h5H,3H2,1-2H3/q-1/p+1. The fourth-order valence-electron chi connectivity index (χ4n) is 0.757. The van der Waals surface area contributed by atoms with Gasteiger partial charge in [0.1, 0.15) is 18.6 Å². The maximum Gasteiger partial charge on any atom is 0.137 e. The number of nitrogens with one attached hydrogen (secondary N) is 1. The van der Waals surface area contributed by atoms with Gasteiger partial charge in [0.05, 0.1) is 14.1 Å². The third-order valence-corrected chi connectivity index (χ3v) is 1.22. The van der Waals surface area contributed by atoms with Crippen LogP contribution in [0.15, 0.2) is 4.99 Å². The van der Waals surface area contributed by atoms with Crippen molar-refractivity contribution in [1.29, 1.82) is 0 Å². The summed E-state index contributed by atoms with van der Waals surface area (Å²) in [7, 11) is 3.91. The van der Waals surface area contributed by atoms with E-state index in [0.717, 1.165) is 4.90 Å². The van der Waals surface area contributed by atoms with Crippen LogP contribution in [-0.4, -0.2) is 39.1 Å². The van der Waals surface area contributed by atoms with E-state index in [1.54, 1.807) is 0 Å². The first-order valence-corrected chi connectivity index (χ1v) is 3.14. The van der Waals surface area contributed by atoms with Crippen molar-refractivity contribution in [2.75, 3.05) is 20.6 Å². The molecular formula is C6H10N2O2. The van der Waals surface area contributed by atoms with Crippen LogP contribution >= 0.6 is 0 Å². The van der Waals surface area contributed by atoms with Crippen molar-refractivity contribution >= 4 is 12.3 Å². The number of amides is 1. The molecule has 1 heterocycles. The minimum absolute atomic E-state index is 0.221. The number of ether oxygens (including phenoxy) is 1. The molecule has 4 heteroatoms. The van der Waals surface area contributed by atoms with Gasteiger partial charge >= 0.3 is 0 Å². The van der Waals surface area contributed by atoms with Crippen LogP contribution < -0.4 is 4.90 Å². The van der Waals surface area contributed by atoms with E-state index in [1.807, 2.05) is 14.1 Å². The van der Waals surface area contributed by atoms with E-state index in [4.69, 9.17) is 4.74 Å². The van der Waals surface area contributed by atoms with Gasteiger partial charge in [-0.2, -0.15) is 0 Å². The van der Waals surface area contributed by atoms with Gasteiger partial charge in [-0.25, -0.2) is 0 Å². The van der Waals surface area contributed by atoms with Gasteiger partial charge in [-0.1, -0.05) is 0 Å². The highest BCUT2D eigenvalue weighted by atomic mass is 16.5. The van der Waals surface area contributed by atoms with Gasteiger partial charge in [-0.15, -0.1) is 0 Å².